The number of nitrogens with two attached hydrogens (primary N) is 1. The Labute approximate surface area is 379 Å². The summed E-state index contributed by atoms with van der Waals surface area (Å²) in [5.41, 5.74) is 12.5. The first kappa shape index (κ1) is 50.0. The standard InChI is InChI=1S/C42H62N8O12SSi2/c1-25-18-47(33-17-29(45-46-44)30(22-51)59-33)38(54)48(35(25)52)20-27-13-15-28(16-14-27)21-49-36(53)26(2)19-50(39(49)55)37-34(61-65(11,12)41(6,7)8)42(31(43)24-63(56,57)62-42)32(60-37)23-58-64(9,10)40(3,4)5/h13-16,18-19,24,29-30,32-34,37,51H,17,20-23,43H2,1-12H3/t29?,30-,32+,33-,34-,37+,42+/m0/s1. The minimum atomic E-state index is -4.33. The molecule has 3 N–H and O–H groups in total. The fourth-order valence-electron chi connectivity index (χ4n) is 7.75. The quantitative estimate of drug-likeness (QED) is 0.0801. The van der Waals surface area contributed by atoms with Crippen LogP contribution in [0, 0.1) is 13.8 Å². The molecule has 3 aliphatic rings. The summed E-state index contributed by atoms with van der Waals surface area (Å²) in [5.74, 6) is 0. The highest BCUT2D eigenvalue weighted by Gasteiger charge is 2.67. The number of hydrogen-bond donors (Lipinski definition) is 2. The average Bonchev–Trinajstić information content (AvgIpc) is 3.83. The van der Waals surface area contributed by atoms with E-state index < -0.39 is 103 Å². The number of aromatic nitrogens is 4. The topological polar surface area (TPSA) is 263 Å². The van der Waals surface area contributed by atoms with Gasteiger partial charge >= 0.3 is 11.4 Å². The zero-order chi connectivity index (χ0) is 48.4. The van der Waals surface area contributed by atoms with Crippen LogP contribution in [0.1, 0.15) is 82.7 Å². The number of aliphatic hydroxyl groups excluding tert-OH is 1. The van der Waals surface area contributed by atoms with E-state index in [4.69, 9.17) is 33.8 Å². The average molecular weight is 959 g/mol. The van der Waals surface area contributed by atoms with Crippen LogP contribution >= 0.6 is 0 Å². The third-order valence-electron chi connectivity index (χ3n) is 13.7. The van der Waals surface area contributed by atoms with E-state index in [1.165, 1.54) is 21.5 Å². The summed E-state index contributed by atoms with van der Waals surface area (Å²) in [5, 5.41) is 13.7. The fourth-order valence-corrected chi connectivity index (χ4v) is 11.3. The van der Waals surface area contributed by atoms with E-state index in [1.54, 1.807) is 38.1 Å². The van der Waals surface area contributed by atoms with Crippen molar-refractivity contribution in [3.63, 3.8) is 0 Å². The Bertz CT molecular complexity index is 2760. The number of hydrogen-bond acceptors (Lipinski definition) is 14. The summed E-state index contributed by atoms with van der Waals surface area (Å²) in [4.78, 5) is 58.3. The highest BCUT2D eigenvalue weighted by atomic mass is 32.2. The number of azide groups is 1. The van der Waals surface area contributed by atoms with Gasteiger partial charge in [0.1, 0.15) is 18.4 Å². The van der Waals surface area contributed by atoms with E-state index in [0.29, 0.717) is 11.1 Å². The van der Waals surface area contributed by atoms with E-state index in [1.807, 2.05) is 47.0 Å². The lowest BCUT2D eigenvalue weighted by molar-refractivity contribution is -0.0567. The molecule has 65 heavy (non-hydrogen) atoms. The molecule has 2 saturated heterocycles. The Hall–Kier alpha value is -4.43. The van der Waals surface area contributed by atoms with Crippen molar-refractivity contribution in [1.82, 2.24) is 18.3 Å². The van der Waals surface area contributed by atoms with Gasteiger partial charge in [-0.2, -0.15) is 8.42 Å². The predicted octanol–water partition coefficient (Wildman–Crippen LogP) is 4.21. The molecule has 7 atom stereocenters. The SMILES string of the molecule is Cc1cn([C@@H]2CC(N=[N+]=[N-])[C@H](CO)O2)c(=O)n(Cc2ccc(Cn3c(=O)c(C)cn([C@@H]4O[C@H](CO[Si](C)(C)C(C)(C)C)[C@@]5(OS(=O)(=O)C=C5N)[C@H]4O[Si](C)(C)C(C)(C)C)c3=O)cc2)c1=O. The van der Waals surface area contributed by atoms with Gasteiger partial charge in [-0.25, -0.2) is 13.8 Å². The van der Waals surface area contributed by atoms with Crippen molar-refractivity contribution >= 4 is 26.8 Å². The summed E-state index contributed by atoms with van der Waals surface area (Å²) < 4.78 is 63.3. The maximum Gasteiger partial charge on any atom is 0.333 e. The van der Waals surface area contributed by atoms with Crippen LogP contribution in [0.15, 0.2) is 72.1 Å². The van der Waals surface area contributed by atoms with Crippen LogP contribution in [0.4, 0.5) is 0 Å². The molecule has 1 spiro atoms. The molecule has 0 saturated carbocycles. The van der Waals surface area contributed by atoms with Crippen LogP contribution in [-0.2, 0) is 45.7 Å². The molecule has 1 aromatic carbocycles. The number of rotatable bonds is 13. The fraction of sp³-hybridized carbons (Fsp3) is 0.619. The molecule has 0 amide bonds. The number of aryl methyl sites for hydroxylation is 2. The first-order valence-electron chi connectivity index (χ1n) is 21.4. The summed E-state index contributed by atoms with van der Waals surface area (Å²) in [7, 11) is -9.65. The van der Waals surface area contributed by atoms with Crippen LogP contribution in [0.3, 0.4) is 0 Å². The number of ether oxygens (including phenoxy) is 2. The third kappa shape index (κ3) is 9.45. The van der Waals surface area contributed by atoms with Crippen LogP contribution in [0.25, 0.3) is 10.4 Å². The van der Waals surface area contributed by atoms with Crippen LogP contribution in [-0.4, -0.2) is 91.6 Å². The summed E-state index contributed by atoms with van der Waals surface area (Å²) in [6.07, 6.45) is -2.61. The van der Waals surface area contributed by atoms with Gasteiger partial charge in [0.2, 0.25) is 0 Å². The van der Waals surface area contributed by atoms with Crippen molar-refractivity contribution in [1.29, 1.82) is 0 Å². The molecule has 23 heteroatoms. The van der Waals surface area contributed by atoms with Crippen molar-refractivity contribution in [2.24, 2.45) is 10.8 Å². The van der Waals surface area contributed by atoms with E-state index in [2.05, 4.69) is 30.8 Å². The van der Waals surface area contributed by atoms with Crippen molar-refractivity contribution in [2.45, 2.75) is 154 Å². The molecule has 6 rings (SSSR count). The van der Waals surface area contributed by atoms with E-state index in [9.17, 15) is 32.7 Å². The van der Waals surface area contributed by atoms with Gasteiger partial charge in [-0.15, -0.1) is 0 Å². The number of benzene rings is 1. The van der Waals surface area contributed by atoms with Crippen LogP contribution < -0.4 is 28.2 Å². The molecular formula is C42H62N8O12SSi2. The lowest BCUT2D eigenvalue weighted by Gasteiger charge is -2.43. The first-order valence-corrected chi connectivity index (χ1v) is 28.7. The lowest BCUT2D eigenvalue weighted by Crippen LogP contribution is -2.59. The van der Waals surface area contributed by atoms with Crippen molar-refractivity contribution in [3.8, 4) is 0 Å². The molecule has 1 unspecified atom stereocenters. The normalized spacial score (nSPS) is 25.8. The van der Waals surface area contributed by atoms with Gasteiger partial charge in [-0.3, -0.25) is 27.9 Å². The van der Waals surface area contributed by atoms with Gasteiger partial charge in [0.05, 0.1) is 49.6 Å². The number of aliphatic hydroxyl groups is 1. The minimum absolute atomic E-state index is 0.118. The van der Waals surface area contributed by atoms with Crippen molar-refractivity contribution in [2.75, 3.05) is 13.2 Å². The van der Waals surface area contributed by atoms with Crippen molar-refractivity contribution in [3.05, 3.63) is 122 Å². The van der Waals surface area contributed by atoms with E-state index in [-0.39, 0.29) is 48.0 Å². The van der Waals surface area contributed by atoms with Crippen LogP contribution in [0.5, 0.6) is 0 Å². The minimum Gasteiger partial charge on any atom is -0.414 e. The molecule has 0 aliphatic carbocycles. The van der Waals surface area contributed by atoms with Gasteiger partial charge in [0, 0.05) is 34.9 Å². The summed E-state index contributed by atoms with van der Waals surface area (Å²) in [6.45, 7) is 22.5. The van der Waals surface area contributed by atoms with Gasteiger partial charge in [0.25, 0.3) is 21.2 Å². The van der Waals surface area contributed by atoms with Gasteiger partial charge < -0.3 is 29.2 Å². The Morgan fingerprint density at radius 1 is 0.877 bits per heavy atom. The van der Waals surface area contributed by atoms with Gasteiger partial charge in [-0.1, -0.05) is 70.9 Å². The molecule has 3 aromatic rings. The second-order valence-electron chi connectivity index (χ2n) is 20.3. The second kappa shape index (κ2) is 17.7. The molecule has 0 radical (unpaired) electrons. The molecule has 2 fully saturated rings. The molecule has 3 aliphatic heterocycles. The first-order chi connectivity index (χ1) is 30.0. The Morgan fingerprint density at radius 2 is 1.38 bits per heavy atom. The molecule has 20 nitrogen and oxygen atoms in total. The Balaban J connectivity index is 1.36. The molecule has 5 heterocycles. The predicted molar refractivity (Wildman–Crippen MR) is 247 cm³/mol. The van der Waals surface area contributed by atoms with Crippen molar-refractivity contribution < 1.29 is 36.0 Å². The molecule has 0 bridgehead atoms. The van der Waals surface area contributed by atoms with E-state index in [0.717, 1.165) is 14.5 Å². The molecule has 2 aromatic heterocycles. The van der Waals surface area contributed by atoms with Gasteiger partial charge in [0.15, 0.2) is 28.5 Å². The molecular weight excluding hydrogens is 897 g/mol. The monoisotopic (exact) mass is 958 g/mol. The smallest absolute Gasteiger partial charge is 0.333 e. The highest BCUT2D eigenvalue weighted by molar-refractivity contribution is 7.90. The maximum absolute atomic E-state index is 14.7. The zero-order valence-corrected chi connectivity index (χ0v) is 41.9. The highest BCUT2D eigenvalue weighted by Crippen LogP contribution is 2.52. The Morgan fingerprint density at radius 3 is 1.85 bits per heavy atom. The second-order valence-corrected chi connectivity index (χ2v) is 31.2. The zero-order valence-electron chi connectivity index (χ0n) is 39.1. The maximum atomic E-state index is 14.7. The third-order valence-corrected chi connectivity index (χ3v) is 23.7. The van der Waals surface area contributed by atoms with Crippen LogP contribution in [0.2, 0.25) is 36.3 Å². The summed E-state index contributed by atoms with van der Waals surface area (Å²) in [6, 6.07) is 5.98. The largest absolute Gasteiger partial charge is 0.414 e. The Kier molecular flexibility index (Phi) is 13.6. The lowest BCUT2D eigenvalue weighted by atomic mass is 9.89. The number of nitrogens with zero attached hydrogens (tertiary/aromatic N) is 7. The molecule has 356 valence electrons. The van der Waals surface area contributed by atoms with Gasteiger partial charge in [-0.05, 0) is 66.8 Å². The van der Waals surface area contributed by atoms with E-state index >= 15 is 0 Å². The summed E-state index contributed by atoms with van der Waals surface area (Å²) >= 11 is 0.